The maximum absolute atomic E-state index is 11.3. The smallest absolute Gasteiger partial charge is 0.335 e. The molecule has 0 radical (unpaired) electrons. The molecule has 0 spiro atoms. The molecule has 6 nitrogen and oxygen atoms in total. The predicted molar refractivity (Wildman–Crippen MR) is 81.5 cm³/mol. The quantitative estimate of drug-likeness (QED) is 0.683. The second kappa shape index (κ2) is 7.87. The zero-order chi connectivity index (χ0) is 15.9. The van der Waals surface area contributed by atoms with Crippen LogP contribution in [0.5, 0.6) is 5.75 Å². The van der Waals surface area contributed by atoms with E-state index in [1.165, 1.54) is 18.2 Å². The van der Waals surface area contributed by atoms with Crippen LogP contribution < -0.4 is 9.46 Å². The highest BCUT2D eigenvalue weighted by atomic mass is 32.2. The zero-order valence-corrected chi connectivity index (χ0v) is 13.1. The van der Waals surface area contributed by atoms with Gasteiger partial charge in [0.2, 0.25) is 10.0 Å². The van der Waals surface area contributed by atoms with Crippen molar-refractivity contribution >= 4 is 21.7 Å². The van der Waals surface area contributed by atoms with E-state index in [0.29, 0.717) is 12.4 Å². The largest absolute Gasteiger partial charge is 0.491 e. The van der Waals surface area contributed by atoms with E-state index in [-0.39, 0.29) is 11.3 Å². The van der Waals surface area contributed by atoms with Crippen LogP contribution in [-0.4, -0.2) is 32.4 Å². The van der Waals surface area contributed by atoms with Crippen molar-refractivity contribution in [3.8, 4) is 5.75 Å². The molecule has 118 valence electrons. The third-order valence-electron chi connectivity index (χ3n) is 2.78. The van der Waals surface area contributed by atoms with E-state index < -0.39 is 16.0 Å². The number of hydrogen-bond donors (Lipinski definition) is 2. The first-order valence-electron chi connectivity index (χ1n) is 6.81. The number of aromatic carboxylic acids is 1. The van der Waals surface area contributed by atoms with Crippen molar-refractivity contribution in [3.63, 3.8) is 0 Å². The minimum atomic E-state index is -3.50. The molecule has 7 heteroatoms. The Morgan fingerprint density at radius 2 is 2.00 bits per heavy atom. The molecule has 1 aromatic carbocycles. The number of anilines is 1. The number of hydrogen-bond acceptors (Lipinski definition) is 4. The maximum Gasteiger partial charge on any atom is 0.335 e. The van der Waals surface area contributed by atoms with Gasteiger partial charge in [-0.2, -0.15) is 0 Å². The standard InChI is InChI=1S/C14H21NO5S/c1-3-4-5-6-9-20-13-8-7-11(14(16)17)10-12(13)15-21(2,18)19/h7-8,10,15H,3-6,9H2,1-2H3,(H,16,17). The van der Waals surface area contributed by atoms with Crippen LogP contribution in [0.1, 0.15) is 43.0 Å². The van der Waals surface area contributed by atoms with Crippen LogP contribution >= 0.6 is 0 Å². The molecule has 0 saturated carbocycles. The minimum Gasteiger partial charge on any atom is -0.491 e. The lowest BCUT2D eigenvalue weighted by Crippen LogP contribution is -2.12. The van der Waals surface area contributed by atoms with E-state index in [9.17, 15) is 13.2 Å². The molecule has 1 aromatic rings. The first-order chi connectivity index (χ1) is 9.83. The summed E-state index contributed by atoms with van der Waals surface area (Å²) in [4.78, 5) is 10.9. The van der Waals surface area contributed by atoms with Gasteiger partial charge in [0.15, 0.2) is 0 Å². The molecule has 0 aliphatic carbocycles. The Hall–Kier alpha value is -1.76. The van der Waals surface area contributed by atoms with Crippen LogP contribution in [0.3, 0.4) is 0 Å². The molecule has 0 bridgehead atoms. The van der Waals surface area contributed by atoms with Crippen LogP contribution in [0.25, 0.3) is 0 Å². The molecular weight excluding hydrogens is 294 g/mol. The lowest BCUT2D eigenvalue weighted by molar-refractivity contribution is 0.0697. The molecular formula is C14H21NO5S. The number of nitrogens with one attached hydrogen (secondary N) is 1. The molecule has 2 N–H and O–H groups in total. The molecule has 0 aliphatic rings. The van der Waals surface area contributed by atoms with Crippen molar-refractivity contribution in [2.45, 2.75) is 32.6 Å². The predicted octanol–water partition coefficient (Wildman–Crippen LogP) is 2.72. The van der Waals surface area contributed by atoms with Gasteiger partial charge in [-0.1, -0.05) is 26.2 Å². The van der Waals surface area contributed by atoms with Crippen LogP contribution in [0.4, 0.5) is 5.69 Å². The van der Waals surface area contributed by atoms with Crippen LogP contribution in [0, 0.1) is 0 Å². The molecule has 0 fully saturated rings. The number of benzene rings is 1. The highest BCUT2D eigenvalue weighted by molar-refractivity contribution is 7.92. The molecule has 0 amide bonds. The summed E-state index contributed by atoms with van der Waals surface area (Å²) < 4.78 is 30.5. The number of ether oxygens (including phenoxy) is 1. The average molecular weight is 315 g/mol. The van der Waals surface area contributed by atoms with Gasteiger partial charge < -0.3 is 9.84 Å². The van der Waals surface area contributed by atoms with Crippen molar-refractivity contribution in [3.05, 3.63) is 23.8 Å². The lowest BCUT2D eigenvalue weighted by atomic mass is 10.2. The van der Waals surface area contributed by atoms with E-state index in [1.54, 1.807) is 0 Å². The van der Waals surface area contributed by atoms with Crippen molar-refractivity contribution < 1.29 is 23.1 Å². The number of sulfonamides is 1. The molecule has 0 atom stereocenters. The highest BCUT2D eigenvalue weighted by Gasteiger charge is 2.12. The third kappa shape index (κ3) is 6.48. The van der Waals surface area contributed by atoms with Crippen molar-refractivity contribution in [1.29, 1.82) is 0 Å². The second-order valence-corrected chi connectivity index (χ2v) is 6.55. The van der Waals surface area contributed by atoms with Gasteiger partial charge in [-0.3, -0.25) is 4.72 Å². The Labute approximate surface area is 125 Å². The third-order valence-corrected chi connectivity index (χ3v) is 3.37. The van der Waals surface area contributed by atoms with Crippen molar-refractivity contribution in [2.24, 2.45) is 0 Å². The topological polar surface area (TPSA) is 92.7 Å². The van der Waals surface area contributed by atoms with Gasteiger partial charge in [0.25, 0.3) is 0 Å². The fourth-order valence-corrected chi connectivity index (χ4v) is 2.34. The van der Waals surface area contributed by atoms with Gasteiger partial charge in [-0.05, 0) is 24.6 Å². The number of rotatable bonds is 9. The Balaban J connectivity index is 2.83. The maximum atomic E-state index is 11.3. The first kappa shape index (κ1) is 17.3. The molecule has 1 rings (SSSR count). The van der Waals surface area contributed by atoms with Crippen LogP contribution in [0.2, 0.25) is 0 Å². The summed E-state index contributed by atoms with van der Waals surface area (Å²) in [7, 11) is -3.50. The average Bonchev–Trinajstić information content (AvgIpc) is 2.38. The normalized spacial score (nSPS) is 11.1. The van der Waals surface area contributed by atoms with E-state index in [4.69, 9.17) is 9.84 Å². The number of carbonyl (C=O) groups is 1. The van der Waals surface area contributed by atoms with Crippen molar-refractivity contribution in [2.75, 3.05) is 17.6 Å². The minimum absolute atomic E-state index is 0.000479. The van der Waals surface area contributed by atoms with Crippen LogP contribution in [-0.2, 0) is 10.0 Å². The van der Waals surface area contributed by atoms with Gasteiger partial charge >= 0.3 is 5.97 Å². The Kier molecular flexibility index (Phi) is 6.48. The van der Waals surface area contributed by atoms with Gasteiger partial charge in [0, 0.05) is 0 Å². The lowest BCUT2D eigenvalue weighted by Gasteiger charge is -2.13. The van der Waals surface area contributed by atoms with Crippen molar-refractivity contribution in [1.82, 2.24) is 0 Å². The van der Waals surface area contributed by atoms with E-state index in [2.05, 4.69) is 11.6 Å². The number of unbranched alkanes of at least 4 members (excludes halogenated alkanes) is 3. The monoisotopic (exact) mass is 315 g/mol. The first-order valence-corrected chi connectivity index (χ1v) is 8.70. The molecule has 0 heterocycles. The molecule has 0 unspecified atom stereocenters. The van der Waals surface area contributed by atoms with Gasteiger partial charge in [0.1, 0.15) is 5.75 Å². The molecule has 21 heavy (non-hydrogen) atoms. The molecule has 0 saturated heterocycles. The van der Waals surface area contributed by atoms with E-state index in [1.807, 2.05) is 0 Å². The Morgan fingerprint density at radius 3 is 2.57 bits per heavy atom. The Bertz CT molecular complexity index is 583. The SMILES string of the molecule is CCCCCCOc1ccc(C(=O)O)cc1NS(C)(=O)=O. The summed E-state index contributed by atoms with van der Waals surface area (Å²) in [6.07, 6.45) is 5.15. The second-order valence-electron chi connectivity index (χ2n) is 4.80. The van der Waals surface area contributed by atoms with Gasteiger partial charge in [0.05, 0.1) is 24.1 Å². The van der Waals surface area contributed by atoms with Gasteiger partial charge in [-0.15, -0.1) is 0 Å². The summed E-state index contributed by atoms with van der Waals surface area (Å²) >= 11 is 0. The summed E-state index contributed by atoms with van der Waals surface area (Å²) in [5.41, 5.74) is 0.146. The number of carboxylic acids is 1. The summed E-state index contributed by atoms with van der Waals surface area (Å²) in [5, 5.41) is 8.95. The van der Waals surface area contributed by atoms with Gasteiger partial charge in [-0.25, -0.2) is 13.2 Å². The fourth-order valence-electron chi connectivity index (χ4n) is 1.78. The molecule has 0 aromatic heterocycles. The van der Waals surface area contributed by atoms with E-state index >= 15 is 0 Å². The van der Waals surface area contributed by atoms with E-state index in [0.717, 1.165) is 31.9 Å². The van der Waals surface area contributed by atoms with Crippen LogP contribution in [0.15, 0.2) is 18.2 Å². The summed E-state index contributed by atoms with van der Waals surface area (Å²) in [6.45, 7) is 2.57. The zero-order valence-electron chi connectivity index (χ0n) is 12.3. The number of carboxylic acid groups (broad SMARTS) is 1. The highest BCUT2D eigenvalue weighted by Crippen LogP contribution is 2.27. The molecule has 0 aliphatic heterocycles. The Morgan fingerprint density at radius 1 is 1.29 bits per heavy atom. The summed E-state index contributed by atoms with van der Waals surface area (Å²) in [6, 6.07) is 4.11. The fraction of sp³-hybridized carbons (Fsp3) is 0.500. The summed E-state index contributed by atoms with van der Waals surface area (Å²) in [5.74, 6) is -0.789.